The van der Waals surface area contributed by atoms with Crippen LogP contribution in [0.2, 0.25) is 0 Å². The number of halogens is 3. The standard InChI is InChI=1S/C14H16F3N/c15-14(16,17)12-3-1-2-11(9-12)8-10-4-6-13(18)7-5-10/h1-4,9,13H,5-8,18H2. The predicted octanol–water partition coefficient (Wildman–Crippen LogP) is 3.69. The van der Waals surface area contributed by atoms with Gasteiger partial charge in [-0.1, -0.05) is 29.8 Å². The van der Waals surface area contributed by atoms with Crippen molar-refractivity contribution in [1.82, 2.24) is 0 Å². The van der Waals surface area contributed by atoms with Gasteiger partial charge in [0.1, 0.15) is 0 Å². The molecule has 0 radical (unpaired) electrons. The van der Waals surface area contributed by atoms with Gasteiger partial charge in [0.2, 0.25) is 0 Å². The van der Waals surface area contributed by atoms with Crippen LogP contribution in [0.1, 0.15) is 30.4 Å². The molecular weight excluding hydrogens is 239 g/mol. The van der Waals surface area contributed by atoms with E-state index in [1.54, 1.807) is 6.07 Å². The van der Waals surface area contributed by atoms with E-state index in [0.717, 1.165) is 25.3 Å². The third kappa shape index (κ3) is 3.35. The van der Waals surface area contributed by atoms with Crippen LogP contribution < -0.4 is 5.73 Å². The zero-order chi connectivity index (χ0) is 13.2. The van der Waals surface area contributed by atoms with Crippen LogP contribution in [0.3, 0.4) is 0 Å². The smallest absolute Gasteiger partial charge is 0.327 e. The Labute approximate surface area is 104 Å². The summed E-state index contributed by atoms with van der Waals surface area (Å²) in [5.41, 5.74) is 7.11. The van der Waals surface area contributed by atoms with E-state index < -0.39 is 11.7 Å². The lowest BCUT2D eigenvalue weighted by molar-refractivity contribution is -0.137. The van der Waals surface area contributed by atoms with Gasteiger partial charge in [0.05, 0.1) is 5.56 Å². The molecule has 2 N–H and O–H groups in total. The van der Waals surface area contributed by atoms with Gasteiger partial charge < -0.3 is 5.73 Å². The van der Waals surface area contributed by atoms with Crippen molar-refractivity contribution < 1.29 is 13.2 Å². The molecule has 0 fully saturated rings. The quantitative estimate of drug-likeness (QED) is 0.801. The lowest BCUT2D eigenvalue weighted by Crippen LogP contribution is -2.22. The van der Waals surface area contributed by atoms with Crippen molar-refractivity contribution in [2.24, 2.45) is 5.73 Å². The van der Waals surface area contributed by atoms with Crippen LogP contribution in [0, 0.1) is 0 Å². The fourth-order valence-electron chi connectivity index (χ4n) is 2.19. The van der Waals surface area contributed by atoms with Crippen LogP contribution in [0.4, 0.5) is 13.2 Å². The van der Waals surface area contributed by atoms with Crippen LogP contribution in [-0.2, 0) is 12.6 Å². The van der Waals surface area contributed by atoms with E-state index >= 15 is 0 Å². The number of nitrogens with two attached hydrogens (primary N) is 1. The van der Waals surface area contributed by atoms with Gasteiger partial charge in [0.25, 0.3) is 0 Å². The lowest BCUT2D eigenvalue weighted by atomic mass is 9.91. The fourth-order valence-corrected chi connectivity index (χ4v) is 2.19. The van der Waals surface area contributed by atoms with Gasteiger partial charge in [0, 0.05) is 6.04 Å². The molecule has 18 heavy (non-hydrogen) atoms. The molecular formula is C14H16F3N. The summed E-state index contributed by atoms with van der Waals surface area (Å²) >= 11 is 0. The Bertz CT molecular complexity index is 449. The number of benzene rings is 1. The van der Waals surface area contributed by atoms with Crippen molar-refractivity contribution in [2.45, 2.75) is 37.9 Å². The summed E-state index contributed by atoms with van der Waals surface area (Å²) in [4.78, 5) is 0. The van der Waals surface area contributed by atoms with Crippen LogP contribution in [-0.4, -0.2) is 6.04 Å². The third-order valence-corrected chi connectivity index (χ3v) is 3.23. The second-order valence-electron chi connectivity index (χ2n) is 4.77. The molecule has 1 unspecified atom stereocenters. The van der Waals surface area contributed by atoms with Gasteiger partial charge in [-0.2, -0.15) is 13.2 Å². The molecule has 2 rings (SSSR count). The van der Waals surface area contributed by atoms with Gasteiger partial charge in [-0.3, -0.25) is 0 Å². The average molecular weight is 255 g/mol. The highest BCUT2D eigenvalue weighted by atomic mass is 19.4. The summed E-state index contributed by atoms with van der Waals surface area (Å²) in [5.74, 6) is 0. The highest BCUT2D eigenvalue weighted by Gasteiger charge is 2.30. The van der Waals surface area contributed by atoms with Crippen LogP contribution in [0.5, 0.6) is 0 Å². The molecule has 1 aliphatic carbocycles. The van der Waals surface area contributed by atoms with E-state index in [-0.39, 0.29) is 6.04 Å². The molecule has 0 aliphatic heterocycles. The zero-order valence-corrected chi connectivity index (χ0v) is 10.0. The first-order valence-electron chi connectivity index (χ1n) is 6.05. The molecule has 0 spiro atoms. The summed E-state index contributed by atoms with van der Waals surface area (Å²) in [6.07, 6.45) is 1.03. The molecule has 98 valence electrons. The van der Waals surface area contributed by atoms with Gasteiger partial charge in [0.15, 0.2) is 0 Å². The summed E-state index contributed by atoms with van der Waals surface area (Å²) in [7, 11) is 0. The predicted molar refractivity (Wildman–Crippen MR) is 65.1 cm³/mol. The maximum atomic E-state index is 12.6. The Morgan fingerprint density at radius 1 is 1.28 bits per heavy atom. The zero-order valence-electron chi connectivity index (χ0n) is 10.0. The van der Waals surface area contributed by atoms with E-state index in [0.29, 0.717) is 12.0 Å². The monoisotopic (exact) mass is 255 g/mol. The van der Waals surface area contributed by atoms with Crippen molar-refractivity contribution in [2.75, 3.05) is 0 Å². The Balaban J connectivity index is 2.10. The molecule has 0 amide bonds. The van der Waals surface area contributed by atoms with E-state index in [1.807, 2.05) is 0 Å². The molecule has 0 heterocycles. The lowest BCUT2D eigenvalue weighted by Gasteiger charge is -2.18. The molecule has 0 bridgehead atoms. The molecule has 4 heteroatoms. The molecule has 1 aromatic carbocycles. The summed E-state index contributed by atoms with van der Waals surface area (Å²) in [5, 5.41) is 0. The highest BCUT2D eigenvalue weighted by Crippen LogP contribution is 2.30. The van der Waals surface area contributed by atoms with Crippen molar-refractivity contribution in [1.29, 1.82) is 0 Å². The van der Waals surface area contributed by atoms with Crippen molar-refractivity contribution in [3.05, 3.63) is 47.0 Å². The summed E-state index contributed by atoms with van der Waals surface area (Å²) in [6.45, 7) is 0. The maximum Gasteiger partial charge on any atom is 0.416 e. The van der Waals surface area contributed by atoms with Gasteiger partial charge >= 0.3 is 6.18 Å². The Kier molecular flexibility index (Phi) is 3.76. The van der Waals surface area contributed by atoms with E-state index in [1.165, 1.54) is 17.7 Å². The molecule has 0 saturated carbocycles. The highest BCUT2D eigenvalue weighted by molar-refractivity contribution is 5.29. The number of hydrogen-bond acceptors (Lipinski definition) is 1. The molecule has 0 aromatic heterocycles. The first-order valence-corrected chi connectivity index (χ1v) is 6.05. The number of allylic oxidation sites excluding steroid dienone is 1. The molecule has 0 saturated heterocycles. The minimum absolute atomic E-state index is 0.204. The van der Waals surface area contributed by atoms with Crippen molar-refractivity contribution in [3.63, 3.8) is 0 Å². The minimum atomic E-state index is -4.26. The molecule has 1 aliphatic rings. The van der Waals surface area contributed by atoms with Crippen LogP contribution in [0.25, 0.3) is 0 Å². The SMILES string of the molecule is NC1CC=C(Cc2cccc(C(F)(F)F)c2)CC1. The largest absolute Gasteiger partial charge is 0.416 e. The normalized spacial score (nSPS) is 20.7. The average Bonchev–Trinajstić information content (AvgIpc) is 2.31. The number of hydrogen-bond donors (Lipinski definition) is 1. The van der Waals surface area contributed by atoms with Gasteiger partial charge in [-0.25, -0.2) is 0 Å². The van der Waals surface area contributed by atoms with Crippen LogP contribution in [0.15, 0.2) is 35.9 Å². The fraction of sp³-hybridized carbons (Fsp3) is 0.429. The second-order valence-corrected chi connectivity index (χ2v) is 4.77. The van der Waals surface area contributed by atoms with Crippen LogP contribution >= 0.6 is 0 Å². The number of rotatable bonds is 2. The Morgan fingerprint density at radius 3 is 2.67 bits per heavy atom. The van der Waals surface area contributed by atoms with Gasteiger partial charge in [-0.15, -0.1) is 0 Å². The van der Waals surface area contributed by atoms with E-state index in [9.17, 15) is 13.2 Å². The number of alkyl halides is 3. The molecule has 1 nitrogen and oxygen atoms in total. The molecule has 1 aromatic rings. The van der Waals surface area contributed by atoms with Crippen molar-refractivity contribution in [3.8, 4) is 0 Å². The van der Waals surface area contributed by atoms with E-state index in [4.69, 9.17) is 5.73 Å². The first kappa shape index (κ1) is 13.1. The topological polar surface area (TPSA) is 26.0 Å². The summed E-state index contributed by atoms with van der Waals surface area (Å²) in [6, 6.07) is 5.75. The van der Waals surface area contributed by atoms with Crippen molar-refractivity contribution >= 4 is 0 Å². The Hall–Kier alpha value is -1.29. The third-order valence-electron chi connectivity index (χ3n) is 3.23. The first-order chi connectivity index (χ1) is 8.45. The minimum Gasteiger partial charge on any atom is -0.327 e. The Morgan fingerprint density at radius 2 is 2.06 bits per heavy atom. The van der Waals surface area contributed by atoms with Gasteiger partial charge in [-0.05, 0) is 37.3 Å². The molecule has 1 atom stereocenters. The summed E-state index contributed by atoms with van der Waals surface area (Å²) < 4.78 is 37.7. The second kappa shape index (κ2) is 5.14. The maximum absolute atomic E-state index is 12.6. The van der Waals surface area contributed by atoms with E-state index in [2.05, 4.69) is 6.08 Å².